The quantitative estimate of drug-likeness (QED) is 0.687. The molecule has 1 heterocycles. The zero-order valence-electron chi connectivity index (χ0n) is 9.62. The molecule has 0 amide bonds. The third kappa shape index (κ3) is 3.18. The first-order valence-electron chi connectivity index (χ1n) is 5.27. The van der Waals surface area contributed by atoms with Gasteiger partial charge in [0.05, 0.1) is 11.5 Å². The molecule has 6 nitrogen and oxygen atoms in total. The van der Waals surface area contributed by atoms with Crippen molar-refractivity contribution in [1.29, 1.82) is 0 Å². The Bertz CT molecular complexity index is 601. The van der Waals surface area contributed by atoms with Crippen molar-refractivity contribution in [1.82, 2.24) is 4.98 Å². The number of aromatic nitrogens is 1. The molecule has 0 saturated heterocycles. The smallest absolute Gasteiger partial charge is 0.313 e. The summed E-state index contributed by atoms with van der Waals surface area (Å²) in [6, 6.07) is 7.24. The summed E-state index contributed by atoms with van der Waals surface area (Å²) in [5.41, 5.74) is 0.387. The van der Waals surface area contributed by atoms with Crippen LogP contribution in [0.5, 0.6) is 11.6 Å². The molecule has 0 fully saturated rings. The van der Waals surface area contributed by atoms with E-state index in [0.717, 1.165) is 0 Å². The lowest BCUT2D eigenvalue weighted by molar-refractivity contribution is -0.385. The molecule has 0 aliphatic carbocycles. The summed E-state index contributed by atoms with van der Waals surface area (Å²) < 4.78 is 5.33. The Kier molecular flexibility index (Phi) is 3.94. The Morgan fingerprint density at radius 1 is 1.37 bits per heavy atom. The number of nitro groups is 1. The van der Waals surface area contributed by atoms with Gasteiger partial charge in [-0.15, -0.1) is 0 Å². The monoisotopic (exact) mass is 280 g/mol. The van der Waals surface area contributed by atoms with Crippen LogP contribution in [0.2, 0.25) is 5.02 Å². The second-order valence-electron chi connectivity index (χ2n) is 3.63. The maximum Gasteiger partial charge on any atom is 0.313 e. The van der Waals surface area contributed by atoms with Crippen LogP contribution in [0, 0.1) is 10.1 Å². The molecule has 2 aromatic rings. The molecular weight excluding hydrogens is 272 g/mol. The first-order valence-corrected chi connectivity index (χ1v) is 5.65. The van der Waals surface area contributed by atoms with Gasteiger partial charge >= 0.3 is 5.69 Å². The van der Waals surface area contributed by atoms with E-state index in [1.807, 2.05) is 0 Å². The molecule has 0 saturated carbocycles. The molecule has 0 aliphatic heterocycles. The average Bonchev–Trinajstić information content (AvgIpc) is 2.41. The van der Waals surface area contributed by atoms with Gasteiger partial charge in [-0.1, -0.05) is 11.6 Å². The van der Waals surface area contributed by atoms with Crippen LogP contribution in [0.1, 0.15) is 5.56 Å². The normalized spacial score (nSPS) is 10.2. The lowest BCUT2D eigenvalue weighted by Crippen LogP contribution is -1.95. The van der Waals surface area contributed by atoms with Gasteiger partial charge in [-0.2, -0.15) is 0 Å². The highest BCUT2D eigenvalue weighted by Gasteiger charge is 2.16. The minimum Gasteiger partial charge on any atom is -0.432 e. The van der Waals surface area contributed by atoms with Crippen molar-refractivity contribution in [3.63, 3.8) is 0 Å². The van der Waals surface area contributed by atoms with Gasteiger partial charge in [-0.25, -0.2) is 4.98 Å². The van der Waals surface area contributed by atoms with Crippen molar-refractivity contribution in [2.24, 2.45) is 0 Å². The molecule has 19 heavy (non-hydrogen) atoms. The van der Waals surface area contributed by atoms with Crippen LogP contribution in [0.4, 0.5) is 5.69 Å². The second-order valence-corrected chi connectivity index (χ2v) is 4.07. The summed E-state index contributed by atoms with van der Waals surface area (Å²) in [5.74, 6) is 0.251. The lowest BCUT2D eigenvalue weighted by Gasteiger charge is -2.06. The molecular formula is C12H9ClN2O4. The van der Waals surface area contributed by atoms with E-state index in [-0.39, 0.29) is 28.9 Å². The van der Waals surface area contributed by atoms with Gasteiger partial charge in [0.25, 0.3) is 0 Å². The zero-order valence-corrected chi connectivity index (χ0v) is 10.4. The Morgan fingerprint density at radius 2 is 2.16 bits per heavy atom. The predicted octanol–water partition coefficient (Wildman–Crippen LogP) is 2.93. The van der Waals surface area contributed by atoms with E-state index in [1.165, 1.54) is 30.5 Å². The molecule has 0 atom stereocenters. The number of ether oxygens (including phenoxy) is 1. The number of benzene rings is 1. The number of aliphatic hydroxyl groups excluding tert-OH is 1. The summed E-state index contributed by atoms with van der Waals surface area (Å²) in [5, 5.41) is 20.0. The number of nitrogens with zero attached hydrogens (tertiary/aromatic N) is 2. The Labute approximate surface area is 113 Å². The van der Waals surface area contributed by atoms with Gasteiger partial charge in [0, 0.05) is 23.4 Å². The third-order valence-corrected chi connectivity index (χ3v) is 2.55. The Balaban J connectivity index is 2.29. The van der Waals surface area contributed by atoms with Crippen molar-refractivity contribution in [2.45, 2.75) is 6.61 Å². The Morgan fingerprint density at radius 3 is 2.74 bits per heavy atom. The van der Waals surface area contributed by atoms with Gasteiger partial charge in [-0.3, -0.25) is 10.1 Å². The summed E-state index contributed by atoms with van der Waals surface area (Å²) in [7, 11) is 0. The van der Waals surface area contributed by atoms with Gasteiger partial charge in [0.15, 0.2) is 0 Å². The molecule has 98 valence electrons. The highest BCUT2D eigenvalue weighted by atomic mass is 35.5. The van der Waals surface area contributed by atoms with E-state index < -0.39 is 4.92 Å². The van der Waals surface area contributed by atoms with E-state index in [0.29, 0.717) is 5.56 Å². The first-order chi connectivity index (χ1) is 9.10. The number of aliphatic hydroxyl groups is 1. The molecule has 1 aromatic heterocycles. The molecule has 7 heteroatoms. The van der Waals surface area contributed by atoms with Crippen LogP contribution >= 0.6 is 11.6 Å². The van der Waals surface area contributed by atoms with Gasteiger partial charge in [0.2, 0.25) is 11.6 Å². The largest absolute Gasteiger partial charge is 0.432 e. The number of halogens is 1. The van der Waals surface area contributed by atoms with Crippen molar-refractivity contribution < 1.29 is 14.8 Å². The van der Waals surface area contributed by atoms with Crippen LogP contribution in [0.25, 0.3) is 0 Å². The molecule has 0 aliphatic rings. The molecule has 0 unspecified atom stereocenters. The number of nitro benzene ring substituents is 1. The summed E-state index contributed by atoms with van der Waals surface area (Å²) in [6.45, 7) is -0.131. The zero-order chi connectivity index (χ0) is 13.8. The van der Waals surface area contributed by atoms with Crippen molar-refractivity contribution in [2.75, 3.05) is 0 Å². The average molecular weight is 281 g/mol. The maximum atomic E-state index is 10.9. The third-order valence-electron chi connectivity index (χ3n) is 2.31. The van der Waals surface area contributed by atoms with Crippen molar-refractivity contribution in [3.8, 4) is 11.6 Å². The van der Waals surface area contributed by atoms with Gasteiger partial charge in [-0.05, 0) is 23.8 Å². The molecule has 0 spiro atoms. The van der Waals surface area contributed by atoms with E-state index in [4.69, 9.17) is 21.4 Å². The maximum absolute atomic E-state index is 10.9. The second kappa shape index (κ2) is 5.64. The molecule has 1 aromatic carbocycles. The lowest BCUT2D eigenvalue weighted by atomic mass is 10.3. The van der Waals surface area contributed by atoms with Crippen molar-refractivity contribution in [3.05, 3.63) is 57.2 Å². The fraction of sp³-hybridized carbons (Fsp3) is 0.0833. The van der Waals surface area contributed by atoms with Crippen LogP contribution in [0.3, 0.4) is 0 Å². The number of hydrogen-bond donors (Lipinski definition) is 1. The van der Waals surface area contributed by atoms with Gasteiger partial charge in [0.1, 0.15) is 0 Å². The first kappa shape index (κ1) is 13.3. The number of rotatable bonds is 4. The minimum absolute atomic E-state index is 0.0543. The van der Waals surface area contributed by atoms with Gasteiger partial charge < -0.3 is 9.84 Å². The molecule has 0 bridgehead atoms. The van der Waals surface area contributed by atoms with E-state index in [9.17, 15) is 10.1 Å². The van der Waals surface area contributed by atoms with Crippen molar-refractivity contribution >= 4 is 17.3 Å². The SMILES string of the molecule is O=[N+]([O-])c1cc(Cl)ccc1Oc1ccc(CO)cn1. The van der Waals surface area contributed by atoms with Crippen LogP contribution in [-0.2, 0) is 6.61 Å². The summed E-state index contributed by atoms with van der Waals surface area (Å²) >= 11 is 5.70. The topological polar surface area (TPSA) is 85.5 Å². The standard InChI is InChI=1S/C12H9ClN2O4/c13-9-2-3-11(10(5-9)15(17)18)19-12-4-1-8(7-16)6-14-12/h1-6,16H,7H2. The van der Waals surface area contributed by atoms with E-state index in [2.05, 4.69) is 4.98 Å². The Hall–Kier alpha value is -2.18. The van der Waals surface area contributed by atoms with E-state index >= 15 is 0 Å². The van der Waals surface area contributed by atoms with E-state index in [1.54, 1.807) is 6.07 Å². The number of pyridine rings is 1. The summed E-state index contributed by atoms with van der Waals surface area (Å²) in [4.78, 5) is 14.2. The minimum atomic E-state index is -0.580. The van der Waals surface area contributed by atoms with Crippen LogP contribution in [-0.4, -0.2) is 15.0 Å². The molecule has 2 rings (SSSR count). The van der Waals surface area contributed by atoms with Crippen LogP contribution < -0.4 is 4.74 Å². The fourth-order valence-electron chi connectivity index (χ4n) is 1.40. The molecule has 0 radical (unpaired) electrons. The predicted molar refractivity (Wildman–Crippen MR) is 68.3 cm³/mol. The summed E-state index contributed by atoms with van der Waals surface area (Å²) in [6.07, 6.45) is 1.43. The van der Waals surface area contributed by atoms with Crippen LogP contribution in [0.15, 0.2) is 36.5 Å². The number of hydrogen-bond acceptors (Lipinski definition) is 5. The highest BCUT2D eigenvalue weighted by molar-refractivity contribution is 6.30. The molecule has 1 N–H and O–H groups in total. The fourth-order valence-corrected chi connectivity index (χ4v) is 1.56. The highest BCUT2D eigenvalue weighted by Crippen LogP contribution is 2.32.